The van der Waals surface area contributed by atoms with Crippen molar-refractivity contribution in [3.05, 3.63) is 65.9 Å². The van der Waals surface area contributed by atoms with Crippen LogP contribution in [0.3, 0.4) is 0 Å². The van der Waals surface area contributed by atoms with Crippen molar-refractivity contribution in [2.45, 2.75) is 0 Å². The summed E-state index contributed by atoms with van der Waals surface area (Å²) in [6.07, 6.45) is 0. The number of hydrogen-bond acceptors (Lipinski definition) is 4. The maximum absolute atomic E-state index is 13.5. The van der Waals surface area contributed by atoms with Crippen molar-refractivity contribution in [2.75, 3.05) is 12.4 Å². The number of halogens is 2. The molecule has 0 aliphatic heterocycles. The van der Waals surface area contributed by atoms with Crippen LogP contribution < -0.4 is 5.32 Å². The minimum atomic E-state index is -0.599. The van der Waals surface area contributed by atoms with E-state index < -0.39 is 11.8 Å². The molecule has 0 amide bonds. The van der Waals surface area contributed by atoms with E-state index in [1.807, 2.05) is 0 Å². The number of carbonyl (C=O) groups excluding carboxylic acids is 1. The summed E-state index contributed by atoms with van der Waals surface area (Å²) in [6.45, 7) is 0. The van der Waals surface area contributed by atoms with Gasteiger partial charge in [-0.1, -0.05) is 0 Å². The number of pyridine rings is 1. The molecule has 0 saturated carbocycles. The maximum atomic E-state index is 13.5. The molecule has 3 rings (SSSR count). The first-order valence-electron chi connectivity index (χ1n) is 6.78. The van der Waals surface area contributed by atoms with Gasteiger partial charge in [-0.15, -0.1) is 0 Å². The minimum absolute atomic E-state index is 0.0937. The molecule has 23 heavy (non-hydrogen) atoms. The molecule has 0 radical (unpaired) electrons. The molecule has 4 nitrogen and oxygen atoms in total. The Morgan fingerprint density at radius 1 is 1.04 bits per heavy atom. The first-order chi connectivity index (χ1) is 11.1. The zero-order chi connectivity index (χ0) is 16.4. The van der Waals surface area contributed by atoms with Gasteiger partial charge in [-0.2, -0.15) is 0 Å². The highest BCUT2D eigenvalue weighted by atomic mass is 19.1. The zero-order valence-electron chi connectivity index (χ0n) is 12.1. The van der Waals surface area contributed by atoms with Crippen molar-refractivity contribution in [1.82, 2.24) is 4.98 Å². The lowest BCUT2D eigenvalue weighted by molar-refractivity contribution is 0.0594. The first-order valence-corrected chi connectivity index (χ1v) is 6.78. The molecule has 0 atom stereocenters. The van der Waals surface area contributed by atoms with Crippen LogP contribution in [-0.4, -0.2) is 18.1 Å². The van der Waals surface area contributed by atoms with Crippen LogP contribution in [0.15, 0.2) is 48.5 Å². The summed E-state index contributed by atoms with van der Waals surface area (Å²) in [6, 6.07) is 11.2. The van der Waals surface area contributed by atoms with Crippen LogP contribution in [-0.2, 0) is 4.74 Å². The predicted octanol–water partition coefficient (Wildman–Crippen LogP) is 4.04. The fourth-order valence-corrected chi connectivity index (χ4v) is 2.20. The summed E-state index contributed by atoms with van der Waals surface area (Å²) >= 11 is 0. The fourth-order valence-electron chi connectivity index (χ4n) is 2.20. The quantitative estimate of drug-likeness (QED) is 0.741. The van der Waals surface area contributed by atoms with Crippen LogP contribution in [0.25, 0.3) is 10.9 Å². The number of carbonyl (C=O) groups is 1. The van der Waals surface area contributed by atoms with Crippen LogP contribution in [0.4, 0.5) is 20.2 Å². The number of nitrogens with zero attached hydrogens (tertiary/aromatic N) is 1. The number of nitrogens with one attached hydrogen (secondary N) is 1. The summed E-state index contributed by atoms with van der Waals surface area (Å²) in [5.74, 6) is -1.39. The lowest BCUT2D eigenvalue weighted by atomic mass is 10.1. The summed E-state index contributed by atoms with van der Waals surface area (Å²) in [7, 11) is 1.26. The fraction of sp³-hybridized carbons (Fsp3) is 0.0588. The van der Waals surface area contributed by atoms with Crippen LogP contribution >= 0.6 is 0 Å². The van der Waals surface area contributed by atoms with E-state index in [0.29, 0.717) is 22.3 Å². The summed E-state index contributed by atoms with van der Waals surface area (Å²) in [5, 5.41) is 3.54. The van der Waals surface area contributed by atoms with Gasteiger partial charge >= 0.3 is 5.97 Å². The molecule has 3 aromatic rings. The Labute approximate surface area is 130 Å². The number of fused-ring (bicyclic) bond motifs is 1. The first kappa shape index (κ1) is 14.9. The molecule has 0 fully saturated rings. The Kier molecular flexibility index (Phi) is 3.89. The molecule has 116 valence electrons. The molecule has 6 heteroatoms. The van der Waals surface area contributed by atoms with E-state index in [9.17, 15) is 13.6 Å². The Bertz CT molecular complexity index is 880. The Hall–Kier alpha value is -3.02. The summed E-state index contributed by atoms with van der Waals surface area (Å²) in [4.78, 5) is 15.9. The summed E-state index contributed by atoms with van der Waals surface area (Å²) in [5.41, 5.74) is 1.61. The monoisotopic (exact) mass is 314 g/mol. The highest BCUT2D eigenvalue weighted by molar-refractivity contribution is 5.98. The molecular formula is C17H12F2N2O2. The molecule has 0 bridgehead atoms. The van der Waals surface area contributed by atoms with Gasteiger partial charge in [0.2, 0.25) is 0 Å². The highest BCUT2D eigenvalue weighted by Crippen LogP contribution is 2.27. The van der Waals surface area contributed by atoms with Crippen molar-refractivity contribution < 1.29 is 18.3 Å². The van der Waals surface area contributed by atoms with Gasteiger partial charge in [-0.25, -0.2) is 18.6 Å². The van der Waals surface area contributed by atoms with Crippen molar-refractivity contribution in [1.29, 1.82) is 0 Å². The third-order valence-electron chi connectivity index (χ3n) is 3.29. The van der Waals surface area contributed by atoms with Gasteiger partial charge in [0.1, 0.15) is 11.6 Å². The minimum Gasteiger partial charge on any atom is -0.464 e. The van der Waals surface area contributed by atoms with E-state index in [-0.39, 0.29) is 11.5 Å². The van der Waals surface area contributed by atoms with E-state index >= 15 is 0 Å². The van der Waals surface area contributed by atoms with Crippen molar-refractivity contribution in [3.8, 4) is 0 Å². The smallest absolute Gasteiger partial charge is 0.356 e. The van der Waals surface area contributed by atoms with Gasteiger partial charge in [0, 0.05) is 11.1 Å². The van der Waals surface area contributed by atoms with E-state index in [0.717, 1.165) is 0 Å². The summed E-state index contributed by atoms with van der Waals surface area (Å²) < 4.78 is 31.2. The van der Waals surface area contributed by atoms with E-state index in [1.54, 1.807) is 12.1 Å². The van der Waals surface area contributed by atoms with Gasteiger partial charge in [0.05, 0.1) is 18.3 Å². The van der Waals surface area contributed by atoms with E-state index in [2.05, 4.69) is 15.0 Å². The molecule has 0 saturated heterocycles. The standard InChI is InChI=1S/C17H12F2N2O2/c1-23-17(22)16-9-15(20-12-5-2-10(18)3-6-12)13-8-11(19)4-7-14(13)21-16/h2-9H,1H3,(H,20,21). The Morgan fingerprint density at radius 3 is 2.43 bits per heavy atom. The SMILES string of the molecule is COC(=O)c1cc(Nc2ccc(F)cc2)c2cc(F)ccc2n1. The molecule has 2 aromatic carbocycles. The number of rotatable bonds is 3. The number of hydrogen-bond donors (Lipinski definition) is 1. The number of methoxy groups -OCH3 is 1. The van der Waals surface area contributed by atoms with Crippen molar-refractivity contribution >= 4 is 28.2 Å². The second-order valence-corrected chi connectivity index (χ2v) is 4.84. The van der Waals surface area contributed by atoms with Crippen LogP contribution in [0, 0.1) is 11.6 Å². The lowest BCUT2D eigenvalue weighted by Crippen LogP contribution is -2.06. The zero-order valence-corrected chi connectivity index (χ0v) is 12.1. The molecule has 1 aromatic heterocycles. The second-order valence-electron chi connectivity index (χ2n) is 4.84. The molecule has 1 N–H and O–H groups in total. The van der Waals surface area contributed by atoms with Crippen molar-refractivity contribution in [2.24, 2.45) is 0 Å². The van der Waals surface area contributed by atoms with E-state index in [4.69, 9.17) is 0 Å². The van der Waals surface area contributed by atoms with Gasteiger partial charge in [0.15, 0.2) is 5.69 Å². The van der Waals surface area contributed by atoms with Crippen molar-refractivity contribution in [3.63, 3.8) is 0 Å². The van der Waals surface area contributed by atoms with Crippen LogP contribution in [0.2, 0.25) is 0 Å². The van der Waals surface area contributed by atoms with Gasteiger partial charge < -0.3 is 10.1 Å². The molecule has 0 aliphatic carbocycles. The Morgan fingerprint density at radius 2 is 1.74 bits per heavy atom. The average molecular weight is 314 g/mol. The number of esters is 1. The topological polar surface area (TPSA) is 51.2 Å². The average Bonchev–Trinajstić information content (AvgIpc) is 2.56. The number of aromatic nitrogens is 1. The molecular weight excluding hydrogens is 302 g/mol. The number of anilines is 2. The second kappa shape index (κ2) is 6.00. The third kappa shape index (κ3) is 3.11. The largest absolute Gasteiger partial charge is 0.464 e. The molecule has 0 aliphatic rings. The van der Waals surface area contributed by atoms with E-state index in [1.165, 1.54) is 43.5 Å². The molecule has 0 unspecified atom stereocenters. The number of benzene rings is 2. The van der Waals surface area contributed by atoms with Crippen LogP contribution in [0.1, 0.15) is 10.5 Å². The third-order valence-corrected chi connectivity index (χ3v) is 3.29. The highest BCUT2D eigenvalue weighted by Gasteiger charge is 2.13. The molecule has 0 spiro atoms. The van der Waals surface area contributed by atoms with Crippen LogP contribution in [0.5, 0.6) is 0 Å². The Balaban J connectivity index is 2.13. The number of ether oxygens (including phenoxy) is 1. The van der Waals surface area contributed by atoms with Gasteiger partial charge in [-0.05, 0) is 48.5 Å². The van der Waals surface area contributed by atoms with Gasteiger partial charge in [0.25, 0.3) is 0 Å². The lowest BCUT2D eigenvalue weighted by Gasteiger charge is -2.11. The predicted molar refractivity (Wildman–Crippen MR) is 82.7 cm³/mol. The van der Waals surface area contributed by atoms with Gasteiger partial charge in [-0.3, -0.25) is 0 Å². The normalized spacial score (nSPS) is 10.6. The maximum Gasteiger partial charge on any atom is 0.356 e. The molecule has 1 heterocycles.